The summed E-state index contributed by atoms with van der Waals surface area (Å²) in [4.78, 5) is 22.8. The maximum absolute atomic E-state index is 11.5. The normalized spacial score (nSPS) is 13.3. The Morgan fingerprint density at radius 1 is 1.25 bits per heavy atom. The molecule has 0 rings (SSSR count). The van der Waals surface area contributed by atoms with Crippen LogP contribution in [0, 0.1) is 5.92 Å². The highest BCUT2D eigenvalue weighted by molar-refractivity contribution is 6.76. The predicted octanol–water partition coefficient (Wildman–Crippen LogP) is 2.87. The average molecular weight is 244 g/mol. The minimum Gasteiger partial charge on any atom is -0.465 e. The van der Waals surface area contributed by atoms with Crippen LogP contribution >= 0.6 is 0 Å². The van der Waals surface area contributed by atoms with E-state index in [1.165, 1.54) is 6.92 Å². The van der Waals surface area contributed by atoms with Crippen molar-refractivity contribution in [3.05, 3.63) is 0 Å². The minimum atomic E-state index is -1.08. The molecule has 1 unspecified atom stereocenters. The summed E-state index contributed by atoms with van der Waals surface area (Å²) in [5.41, 5.74) is 0. The van der Waals surface area contributed by atoms with Gasteiger partial charge in [0, 0.05) is 8.07 Å². The first-order valence-electron chi connectivity index (χ1n) is 5.95. The lowest BCUT2D eigenvalue weighted by Gasteiger charge is -2.17. The van der Waals surface area contributed by atoms with E-state index in [0.29, 0.717) is 13.0 Å². The smallest absolute Gasteiger partial charge is 0.316 e. The third kappa shape index (κ3) is 6.77. The van der Waals surface area contributed by atoms with Gasteiger partial charge >= 0.3 is 5.97 Å². The Morgan fingerprint density at radius 2 is 1.81 bits per heavy atom. The van der Waals surface area contributed by atoms with Crippen molar-refractivity contribution in [2.45, 2.75) is 52.4 Å². The summed E-state index contributed by atoms with van der Waals surface area (Å²) < 4.78 is 4.90. The van der Waals surface area contributed by atoms with Gasteiger partial charge in [0.2, 0.25) is 0 Å². The number of hydrogen-bond acceptors (Lipinski definition) is 3. The van der Waals surface area contributed by atoms with E-state index in [9.17, 15) is 9.59 Å². The van der Waals surface area contributed by atoms with E-state index in [4.69, 9.17) is 4.74 Å². The van der Waals surface area contributed by atoms with Crippen LogP contribution < -0.4 is 0 Å². The van der Waals surface area contributed by atoms with Gasteiger partial charge in [0.25, 0.3) is 0 Å². The van der Waals surface area contributed by atoms with Gasteiger partial charge in [0.15, 0.2) is 0 Å². The Kier molecular flexibility index (Phi) is 6.56. The molecule has 0 radical (unpaired) electrons. The molecule has 94 valence electrons. The van der Waals surface area contributed by atoms with Crippen molar-refractivity contribution in [3.8, 4) is 0 Å². The lowest BCUT2D eigenvalue weighted by Crippen LogP contribution is -2.26. The zero-order chi connectivity index (χ0) is 12.8. The highest BCUT2D eigenvalue weighted by atomic mass is 28.3. The van der Waals surface area contributed by atoms with Crippen LogP contribution in [0.3, 0.4) is 0 Å². The maximum atomic E-state index is 11.5. The number of esters is 1. The molecule has 0 saturated heterocycles. The standard InChI is InChI=1S/C12H24O3Si/c1-6-15-12(14)11(10(2)13)8-7-9-16(3,4)5/h11H,6-9H2,1-5H3. The summed E-state index contributed by atoms with van der Waals surface area (Å²) in [5, 5.41) is 0. The second kappa shape index (κ2) is 6.84. The van der Waals surface area contributed by atoms with Gasteiger partial charge in [-0.15, -0.1) is 0 Å². The zero-order valence-electron chi connectivity index (χ0n) is 11.1. The fraction of sp³-hybridized carbons (Fsp3) is 0.833. The number of ether oxygens (including phenoxy) is 1. The van der Waals surface area contributed by atoms with Crippen molar-refractivity contribution < 1.29 is 14.3 Å². The fourth-order valence-corrected chi connectivity index (χ4v) is 2.83. The Labute approximate surface area is 99.6 Å². The first-order chi connectivity index (χ1) is 7.28. The molecule has 0 aliphatic rings. The molecule has 0 spiro atoms. The molecule has 4 heteroatoms. The third-order valence-corrected chi connectivity index (χ3v) is 4.33. The van der Waals surface area contributed by atoms with Gasteiger partial charge in [-0.2, -0.15) is 0 Å². The number of rotatable bonds is 7. The quantitative estimate of drug-likeness (QED) is 0.393. The van der Waals surface area contributed by atoms with E-state index in [1.54, 1.807) is 6.92 Å². The van der Waals surface area contributed by atoms with Gasteiger partial charge in [-0.05, 0) is 20.3 Å². The predicted molar refractivity (Wildman–Crippen MR) is 68.2 cm³/mol. The van der Waals surface area contributed by atoms with Gasteiger partial charge in [0.1, 0.15) is 11.7 Å². The van der Waals surface area contributed by atoms with Crippen molar-refractivity contribution in [2.75, 3.05) is 6.61 Å². The molecule has 0 heterocycles. The van der Waals surface area contributed by atoms with Crippen molar-refractivity contribution in [3.63, 3.8) is 0 Å². The molecule has 0 bridgehead atoms. The summed E-state index contributed by atoms with van der Waals surface area (Å²) >= 11 is 0. The topological polar surface area (TPSA) is 43.4 Å². The zero-order valence-corrected chi connectivity index (χ0v) is 12.1. The molecule has 0 amide bonds. The van der Waals surface area contributed by atoms with Crippen LogP contribution in [0.5, 0.6) is 0 Å². The van der Waals surface area contributed by atoms with Crippen molar-refractivity contribution >= 4 is 19.8 Å². The molecular formula is C12H24O3Si. The average Bonchev–Trinajstić information content (AvgIpc) is 2.10. The maximum Gasteiger partial charge on any atom is 0.316 e. The molecule has 0 aromatic rings. The van der Waals surface area contributed by atoms with E-state index in [-0.39, 0.29) is 11.8 Å². The van der Waals surface area contributed by atoms with Gasteiger partial charge in [-0.25, -0.2) is 0 Å². The number of carbonyl (C=O) groups is 2. The number of hydrogen-bond donors (Lipinski definition) is 0. The number of Topliss-reactive ketones (excluding diaryl/α,β-unsaturated/α-hetero) is 1. The van der Waals surface area contributed by atoms with Crippen LogP contribution in [0.25, 0.3) is 0 Å². The van der Waals surface area contributed by atoms with E-state index in [0.717, 1.165) is 12.5 Å². The minimum absolute atomic E-state index is 0.0750. The first kappa shape index (κ1) is 15.4. The van der Waals surface area contributed by atoms with Crippen LogP contribution in [-0.2, 0) is 14.3 Å². The summed E-state index contributed by atoms with van der Waals surface area (Å²) in [7, 11) is -1.08. The highest BCUT2D eigenvalue weighted by Crippen LogP contribution is 2.18. The van der Waals surface area contributed by atoms with Crippen molar-refractivity contribution in [2.24, 2.45) is 5.92 Å². The van der Waals surface area contributed by atoms with Crippen molar-refractivity contribution in [1.29, 1.82) is 0 Å². The van der Waals surface area contributed by atoms with Gasteiger partial charge in [-0.1, -0.05) is 32.1 Å². The molecule has 0 saturated carbocycles. The third-order valence-electron chi connectivity index (χ3n) is 2.48. The second-order valence-electron chi connectivity index (χ2n) is 5.37. The molecule has 3 nitrogen and oxygen atoms in total. The highest BCUT2D eigenvalue weighted by Gasteiger charge is 2.25. The van der Waals surface area contributed by atoms with Crippen LogP contribution in [0.1, 0.15) is 26.7 Å². The molecule has 0 aliphatic carbocycles. The largest absolute Gasteiger partial charge is 0.465 e. The summed E-state index contributed by atoms with van der Waals surface area (Å²) in [6.07, 6.45) is 1.58. The van der Waals surface area contributed by atoms with E-state index >= 15 is 0 Å². The van der Waals surface area contributed by atoms with E-state index in [2.05, 4.69) is 19.6 Å². The molecule has 0 N–H and O–H groups in total. The molecule has 16 heavy (non-hydrogen) atoms. The second-order valence-corrected chi connectivity index (χ2v) is 11.0. The molecule has 0 aromatic carbocycles. The lowest BCUT2D eigenvalue weighted by atomic mass is 10.00. The number of carbonyl (C=O) groups excluding carboxylic acids is 2. The van der Waals surface area contributed by atoms with Crippen LogP contribution in [-0.4, -0.2) is 26.4 Å². The van der Waals surface area contributed by atoms with Gasteiger partial charge < -0.3 is 4.74 Å². The molecule has 0 aromatic heterocycles. The Bertz CT molecular complexity index is 243. The fourth-order valence-electron chi connectivity index (χ4n) is 1.57. The summed E-state index contributed by atoms with van der Waals surface area (Å²) in [6, 6.07) is 1.15. The van der Waals surface area contributed by atoms with Crippen LogP contribution in [0.2, 0.25) is 25.7 Å². The number of ketones is 1. The Balaban J connectivity index is 4.15. The molecular weight excluding hydrogens is 220 g/mol. The Morgan fingerprint density at radius 3 is 2.19 bits per heavy atom. The molecule has 0 aliphatic heterocycles. The SMILES string of the molecule is CCOC(=O)C(CCC[Si](C)(C)C)C(C)=O. The Hall–Kier alpha value is -0.643. The van der Waals surface area contributed by atoms with E-state index in [1.807, 2.05) is 0 Å². The van der Waals surface area contributed by atoms with E-state index < -0.39 is 14.0 Å². The van der Waals surface area contributed by atoms with Crippen molar-refractivity contribution in [1.82, 2.24) is 0 Å². The van der Waals surface area contributed by atoms with Gasteiger partial charge in [-0.3, -0.25) is 9.59 Å². The summed E-state index contributed by atoms with van der Waals surface area (Å²) in [6.45, 7) is 10.4. The molecule has 1 atom stereocenters. The summed E-state index contributed by atoms with van der Waals surface area (Å²) in [5.74, 6) is -0.976. The monoisotopic (exact) mass is 244 g/mol. The van der Waals surface area contributed by atoms with Crippen LogP contribution in [0.4, 0.5) is 0 Å². The van der Waals surface area contributed by atoms with Crippen LogP contribution in [0.15, 0.2) is 0 Å². The van der Waals surface area contributed by atoms with Gasteiger partial charge in [0.05, 0.1) is 6.61 Å². The molecule has 0 fully saturated rings. The first-order valence-corrected chi connectivity index (χ1v) is 9.65. The lowest BCUT2D eigenvalue weighted by molar-refractivity contribution is -0.151.